The first-order chi connectivity index (χ1) is 8.00. The first kappa shape index (κ1) is 11.6. The lowest BCUT2D eigenvalue weighted by atomic mass is 9.77. The number of fused-ring (bicyclic) bond motifs is 1. The van der Waals surface area contributed by atoms with Crippen molar-refractivity contribution in [2.75, 3.05) is 6.54 Å². The number of nitrogens with zero attached hydrogens (tertiary/aromatic N) is 1. The smallest absolute Gasteiger partial charge is 0.261 e. The van der Waals surface area contributed by atoms with Crippen LogP contribution >= 0.6 is 0 Å². The quantitative estimate of drug-likeness (QED) is 0.575. The molecule has 0 aliphatic carbocycles. The Bertz CT molecular complexity index is 503. The van der Waals surface area contributed by atoms with E-state index in [1.165, 1.54) is 4.90 Å². The predicted octanol–water partition coefficient (Wildman–Crippen LogP) is 2.13. The van der Waals surface area contributed by atoms with E-state index in [0.717, 1.165) is 5.56 Å². The molecule has 0 saturated heterocycles. The van der Waals surface area contributed by atoms with E-state index in [9.17, 15) is 9.59 Å². The number of rotatable bonds is 2. The van der Waals surface area contributed by atoms with Crippen LogP contribution in [-0.2, 0) is 10.2 Å². The van der Waals surface area contributed by atoms with Gasteiger partial charge in [-0.25, -0.2) is 0 Å². The first-order valence-electron chi connectivity index (χ1n) is 5.57. The average molecular weight is 229 g/mol. The second-order valence-electron chi connectivity index (χ2n) is 4.68. The monoisotopic (exact) mass is 229 g/mol. The highest BCUT2D eigenvalue weighted by atomic mass is 16.2. The van der Waals surface area contributed by atoms with Crippen LogP contribution in [0.5, 0.6) is 0 Å². The summed E-state index contributed by atoms with van der Waals surface area (Å²) in [4.78, 5) is 25.7. The molecule has 88 valence electrons. The van der Waals surface area contributed by atoms with Gasteiger partial charge < -0.3 is 0 Å². The highest BCUT2D eigenvalue weighted by Crippen LogP contribution is 2.34. The fraction of sp³-hybridized carbons (Fsp3) is 0.286. The van der Waals surface area contributed by atoms with E-state index in [1.54, 1.807) is 12.1 Å². The minimum Gasteiger partial charge on any atom is -0.274 e. The highest BCUT2D eigenvalue weighted by Gasteiger charge is 2.43. The minimum atomic E-state index is -0.659. The summed E-state index contributed by atoms with van der Waals surface area (Å²) in [5.74, 6) is -0.397. The van der Waals surface area contributed by atoms with Crippen LogP contribution in [0.4, 0.5) is 0 Å². The van der Waals surface area contributed by atoms with Crippen molar-refractivity contribution in [3.8, 4) is 0 Å². The van der Waals surface area contributed by atoms with E-state index in [2.05, 4.69) is 6.58 Å². The number of hydrogen-bond donors (Lipinski definition) is 0. The van der Waals surface area contributed by atoms with Crippen LogP contribution in [0.3, 0.4) is 0 Å². The largest absolute Gasteiger partial charge is 0.274 e. The minimum absolute atomic E-state index is 0.166. The van der Waals surface area contributed by atoms with Crippen LogP contribution in [0.1, 0.15) is 29.8 Å². The molecule has 0 N–H and O–H groups in total. The van der Waals surface area contributed by atoms with Crippen molar-refractivity contribution in [2.45, 2.75) is 19.3 Å². The van der Waals surface area contributed by atoms with Crippen LogP contribution in [0.25, 0.3) is 0 Å². The molecule has 2 amide bonds. The predicted molar refractivity (Wildman–Crippen MR) is 65.7 cm³/mol. The molecule has 3 nitrogen and oxygen atoms in total. The first-order valence-corrected chi connectivity index (χ1v) is 5.57. The second-order valence-corrected chi connectivity index (χ2v) is 4.68. The van der Waals surface area contributed by atoms with Gasteiger partial charge in [-0.3, -0.25) is 14.5 Å². The van der Waals surface area contributed by atoms with Gasteiger partial charge in [-0.1, -0.05) is 24.3 Å². The fourth-order valence-corrected chi connectivity index (χ4v) is 2.20. The molecule has 0 atom stereocenters. The molecule has 1 heterocycles. The van der Waals surface area contributed by atoms with Crippen LogP contribution < -0.4 is 0 Å². The second kappa shape index (κ2) is 3.84. The lowest BCUT2D eigenvalue weighted by Crippen LogP contribution is -2.51. The third kappa shape index (κ3) is 1.58. The maximum absolute atomic E-state index is 12.3. The zero-order chi connectivity index (χ0) is 12.6. The zero-order valence-corrected chi connectivity index (χ0v) is 10.1. The topological polar surface area (TPSA) is 37.4 Å². The Balaban J connectivity index is 2.62. The van der Waals surface area contributed by atoms with Crippen LogP contribution in [0.2, 0.25) is 0 Å². The van der Waals surface area contributed by atoms with Gasteiger partial charge in [0, 0.05) is 12.1 Å². The summed E-state index contributed by atoms with van der Waals surface area (Å²) in [5.41, 5.74) is 0.752. The van der Waals surface area contributed by atoms with Gasteiger partial charge >= 0.3 is 0 Å². The molecule has 0 spiro atoms. The summed E-state index contributed by atoms with van der Waals surface area (Å²) in [7, 11) is 0. The van der Waals surface area contributed by atoms with Crippen LogP contribution in [-0.4, -0.2) is 23.3 Å². The van der Waals surface area contributed by atoms with Gasteiger partial charge in [-0.05, 0) is 25.5 Å². The van der Waals surface area contributed by atoms with Gasteiger partial charge in [-0.2, -0.15) is 0 Å². The van der Waals surface area contributed by atoms with E-state index < -0.39 is 5.41 Å². The summed E-state index contributed by atoms with van der Waals surface area (Å²) in [5, 5.41) is 0. The number of carbonyl (C=O) groups is 2. The number of imide groups is 1. The van der Waals surface area contributed by atoms with Crippen molar-refractivity contribution in [1.29, 1.82) is 0 Å². The summed E-state index contributed by atoms with van der Waals surface area (Å²) in [6, 6.07) is 7.28. The lowest BCUT2D eigenvalue weighted by Gasteiger charge is -2.36. The molecule has 3 heteroatoms. The van der Waals surface area contributed by atoms with Crippen molar-refractivity contribution in [3.05, 3.63) is 48.0 Å². The third-order valence-electron chi connectivity index (χ3n) is 3.17. The molecular weight excluding hydrogens is 214 g/mol. The Morgan fingerprint density at radius 2 is 1.94 bits per heavy atom. The van der Waals surface area contributed by atoms with Crippen molar-refractivity contribution in [2.24, 2.45) is 0 Å². The molecule has 0 unspecified atom stereocenters. The zero-order valence-electron chi connectivity index (χ0n) is 10.1. The molecule has 0 bridgehead atoms. The molecule has 0 saturated carbocycles. The van der Waals surface area contributed by atoms with Gasteiger partial charge in [0.2, 0.25) is 5.91 Å². The van der Waals surface area contributed by atoms with Gasteiger partial charge in [0.05, 0.1) is 5.41 Å². The normalized spacial score (nSPS) is 17.9. The summed E-state index contributed by atoms with van der Waals surface area (Å²) in [6.07, 6.45) is 1.57. The van der Waals surface area contributed by atoms with Gasteiger partial charge in [-0.15, -0.1) is 6.58 Å². The average Bonchev–Trinajstić information content (AvgIpc) is 2.33. The number of benzene rings is 1. The Hall–Kier alpha value is -1.90. The molecule has 0 fully saturated rings. The van der Waals surface area contributed by atoms with Crippen molar-refractivity contribution < 1.29 is 9.59 Å². The van der Waals surface area contributed by atoms with Gasteiger partial charge in [0.25, 0.3) is 5.91 Å². The van der Waals surface area contributed by atoms with Crippen LogP contribution in [0.15, 0.2) is 36.9 Å². The van der Waals surface area contributed by atoms with E-state index in [4.69, 9.17) is 0 Å². The molecule has 1 aliphatic heterocycles. The molecule has 1 aromatic carbocycles. The highest BCUT2D eigenvalue weighted by molar-refractivity contribution is 6.12. The van der Waals surface area contributed by atoms with Gasteiger partial charge in [0.15, 0.2) is 0 Å². The van der Waals surface area contributed by atoms with Gasteiger partial charge in [0.1, 0.15) is 0 Å². The van der Waals surface area contributed by atoms with E-state index in [1.807, 2.05) is 32.0 Å². The van der Waals surface area contributed by atoms with Crippen molar-refractivity contribution in [3.63, 3.8) is 0 Å². The van der Waals surface area contributed by atoms with Crippen molar-refractivity contribution in [1.82, 2.24) is 4.90 Å². The number of amides is 2. The summed E-state index contributed by atoms with van der Waals surface area (Å²) in [6.45, 7) is 7.53. The standard InChI is InChI=1S/C14H15NO2/c1-4-9-15-12(16)10-7-5-6-8-11(10)14(2,3)13(15)17/h4-8H,1,9H2,2-3H3. The number of carbonyl (C=O) groups excluding carboxylic acids is 2. The Kier molecular flexibility index (Phi) is 2.62. The maximum atomic E-state index is 12.3. The Morgan fingerprint density at radius 3 is 2.59 bits per heavy atom. The molecule has 2 rings (SSSR count). The molecule has 1 aromatic rings. The lowest BCUT2D eigenvalue weighted by molar-refractivity contribution is -0.133. The summed E-state index contributed by atoms with van der Waals surface area (Å²) < 4.78 is 0. The van der Waals surface area contributed by atoms with E-state index in [0.29, 0.717) is 5.56 Å². The summed E-state index contributed by atoms with van der Waals surface area (Å²) >= 11 is 0. The van der Waals surface area contributed by atoms with Crippen LogP contribution in [0, 0.1) is 0 Å². The van der Waals surface area contributed by atoms with E-state index in [-0.39, 0.29) is 18.4 Å². The molecule has 0 radical (unpaired) electrons. The van der Waals surface area contributed by atoms with E-state index >= 15 is 0 Å². The maximum Gasteiger partial charge on any atom is 0.261 e. The third-order valence-corrected chi connectivity index (χ3v) is 3.17. The number of hydrogen-bond acceptors (Lipinski definition) is 2. The molecular formula is C14H15NO2. The molecule has 17 heavy (non-hydrogen) atoms. The Labute approximate surface area is 101 Å². The Morgan fingerprint density at radius 1 is 1.29 bits per heavy atom. The SMILES string of the molecule is C=CCN1C(=O)c2ccccc2C(C)(C)C1=O. The molecule has 1 aliphatic rings. The molecule has 0 aromatic heterocycles. The van der Waals surface area contributed by atoms with Crippen molar-refractivity contribution >= 4 is 11.8 Å². The fourth-order valence-electron chi connectivity index (χ4n) is 2.20.